The monoisotopic (exact) mass is 384 g/mol. The van der Waals surface area contributed by atoms with Crippen molar-refractivity contribution in [2.45, 2.75) is 19.9 Å². The molecule has 0 aliphatic rings. The zero-order valence-electron chi connectivity index (χ0n) is 13.4. The van der Waals surface area contributed by atoms with Crippen molar-refractivity contribution in [3.8, 4) is 11.3 Å². The Morgan fingerprint density at radius 3 is 2.46 bits per heavy atom. The Kier molecular flexibility index (Phi) is 4.81. The number of nitrogens with one attached hydrogen (secondary N) is 1. The van der Waals surface area contributed by atoms with Crippen LogP contribution in [0, 0.1) is 6.92 Å². The summed E-state index contributed by atoms with van der Waals surface area (Å²) in [5.74, 6) is 0.317. The Morgan fingerprint density at radius 1 is 1.12 bits per heavy atom. The van der Waals surface area contributed by atoms with Gasteiger partial charge in [-0.25, -0.2) is 0 Å². The first-order valence-corrected chi connectivity index (χ1v) is 8.43. The summed E-state index contributed by atoms with van der Waals surface area (Å²) in [5.41, 5.74) is 2.93. The first-order chi connectivity index (χ1) is 11.6. The lowest BCUT2D eigenvalue weighted by Gasteiger charge is -2.14. The van der Waals surface area contributed by atoms with Crippen LogP contribution >= 0.6 is 15.9 Å². The number of carbonyl (C=O) groups excluding carboxylic acids is 1. The van der Waals surface area contributed by atoms with Crippen LogP contribution in [0.5, 0.6) is 0 Å². The molecule has 2 aromatic carbocycles. The molecule has 0 aliphatic carbocycles. The Hall–Kier alpha value is -2.40. The molecule has 0 radical (unpaired) electrons. The van der Waals surface area contributed by atoms with Crippen LogP contribution in [0.4, 0.5) is 0 Å². The van der Waals surface area contributed by atoms with Gasteiger partial charge in [-0.15, -0.1) is 0 Å². The lowest BCUT2D eigenvalue weighted by atomic mass is 10.0. The van der Waals surface area contributed by atoms with Crippen LogP contribution in [-0.4, -0.2) is 11.1 Å². The highest BCUT2D eigenvalue weighted by atomic mass is 79.9. The molecule has 5 heteroatoms. The van der Waals surface area contributed by atoms with E-state index in [1.807, 2.05) is 61.5 Å². The van der Waals surface area contributed by atoms with Gasteiger partial charge in [0.2, 0.25) is 0 Å². The number of nitrogens with zero attached hydrogens (tertiary/aromatic N) is 1. The molecule has 24 heavy (non-hydrogen) atoms. The summed E-state index contributed by atoms with van der Waals surface area (Å²) in [4.78, 5) is 12.8. The fourth-order valence-corrected chi connectivity index (χ4v) is 2.80. The molecule has 3 aromatic rings. The van der Waals surface area contributed by atoms with Gasteiger partial charge in [-0.3, -0.25) is 4.79 Å². The highest BCUT2D eigenvalue weighted by Crippen LogP contribution is 2.26. The third-order valence-corrected chi connectivity index (χ3v) is 4.38. The maximum absolute atomic E-state index is 12.8. The fraction of sp³-hybridized carbons (Fsp3) is 0.158. The van der Waals surface area contributed by atoms with E-state index in [-0.39, 0.29) is 11.9 Å². The molecular weight excluding hydrogens is 368 g/mol. The lowest BCUT2D eigenvalue weighted by molar-refractivity contribution is 0.0939. The van der Waals surface area contributed by atoms with E-state index in [2.05, 4.69) is 26.4 Å². The molecule has 0 bridgehead atoms. The third-order valence-electron chi connectivity index (χ3n) is 3.85. The molecule has 122 valence electrons. The normalized spacial score (nSPS) is 12.0. The van der Waals surface area contributed by atoms with E-state index in [0.29, 0.717) is 17.0 Å². The Labute approximate surface area is 149 Å². The van der Waals surface area contributed by atoms with E-state index in [1.165, 1.54) is 0 Å². The molecule has 0 saturated heterocycles. The predicted molar refractivity (Wildman–Crippen MR) is 96.7 cm³/mol. The van der Waals surface area contributed by atoms with E-state index in [1.54, 1.807) is 6.92 Å². The number of rotatable bonds is 4. The molecule has 3 rings (SSSR count). The molecule has 1 N–H and O–H groups in total. The van der Waals surface area contributed by atoms with E-state index in [0.717, 1.165) is 15.6 Å². The van der Waals surface area contributed by atoms with Crippen LogP contribution in [0.25, 0.3) is 11.3 Å². The Bertz CT molecular complexity index is 842. The van der Waals surface area contributed by atoms with Crippen molar-refractivity contribution >= 4 is 21.8 Å². The first-order valence-electron chi connectivity index (χ1n) is 7.64. The van der Waals surface area contributed by atoms with Gasteiger partial charge in [0.1, 0.15) is 17.0 Å². The highest BCUT2D eigenvalue weighted by molar-refractivity contribution is 9.10. The van der Waals surface area contributed by atoms with Crippen molar-refractivity contribution in [3.05, 3.63) is 76.0 Å². The van der Waals surface area contributed by atoms with E-state index in [4.69, 9.17) is 4.52 Å². The van der Waals surface area contributed by atoms with E-state index < -0.39 is 0 Å². The number of halogens is 1. The molecule has 0 unspecified atom stereocenters. The van der Waals surface area contributed by atoms with Crippen LogP contribution in [0.15, 0.2) is 63.6 Å². The Morgan fingerprint density at radius 2 is 1.79 bits per heavy atom. The molecule has 0 fully saturated rings. The van der Waals surface area contributed by atoms with Gasteiger partial charge in [0.15, 0.2) is 0 Å². The van der Waals surface area contributed by atoms with E-state index in [9.17, 15) is 4.79 Å². The maximum atomic E-state index is 12.8. The SMILES string of the molecule is Cc1onc(-c2ccccc2)c1C(=O)N[C@H](C)c1ccc(Br)cc1. The molecule has 1 atom stereocenters. The van der Waals surface area contributed by atoms with Crippen molar-refractivity contribution in [3.63, 3.8) is 0 Å². The van der Waals surface area contributed by atoms with Crippen LogP contribution < -0.4 is 5.32 Å². The number of amides is 1. The number of carbonyl (C=O) groups is 1. The Balaban J connectivity index is 1.85. The second kappa shape index (κ2) is 7.01. The van der Waals surface area contributed by atoms with Gasteiger partial charge in [0.05, 0.1) is 6.04 Å². The van der Waals surface area contributed by atoms with Crippen molar-refractivity contribution in [2.75, 3.05) is 0 Å². The number of hydrogen-bond acceptors (Lipinski definition) is 3. The molecule has 1 aromatic heterocycles. The standard InChI is InChI=1S/C19H17BrN2O2/c1-12(14-8-10-16(20)11-9-14)21-19(23)17-13(2)24-22-18(17)15-6-4-3-5-7-15/h3-12H,1-2H3,(H,21,23)/t12-/m1/s1. The van der Waals surface area contributed by atoms with Gasteiger partial charge in [-0.05, 0) is 31.5 Å². The first kappa shape index (κ1) is 16.5. The topological polar surface area (TPSA) is 55.1 Å². The van der Waals surface area contributed by atoms with Crippen LogP contribution in [0.3, 0.4) is 0 Å². The highest BCUT2D eigenvalue weighted by Gasteiger charge is 2.22. The van der Waals surface area contributed by atoms with Crippen LogP contribution in [-0.2, 0) is 0 Å². The summed E-state index contributed by atoms with van der Waals surface area (Å²) in [5, 5.41) is 7.07. The van der Waals surface area contributed by atoms with Gasteiger partial charge < -0.3 is 9.84 Å². The molecule has 1 heterocycles. The minimum atomic E-state index is -0.192. The van der Waals surface area contributed by atoms with Gasteiger partial charge in [-0.2, -0.15) is 0 Å². The van der Waals surface area contributed by atoms with Crippen LogP contribution in [0.2, 0.25) is 0 Å². The predicted octanol–water partition coefficient (Wildman–Crippen LogP) is 4.90. The van der Waals surface area contributed by atoms with Gasteiger partial charge in [-0.1, -0.05) is 63.6 Å². The van der Waals surface area contributed by atoms with Gasteiger partial charge >= 0.3 is 0 Å². The van der Waals surface area contributed by atoms with Gasteiger partial charge in [0, 0.05) is 10.0 Å². The molecule has 0 spiro atoms. The summed E-state index contributed by atoms with van der Waals surface area (Å²) in [7, 11) is 0. The third kappa shape index (κ3) is 3.41. The summed E-state index contributed by atoms with van der Waals surface area (Å²) in [6.07, 6.45) is 0. The summed E-state index contributed by atoms with van der Waals surface area (Å²) >= 11 is 3.41. The summed E-state index contributed by atoms with van der Waals surface area (Å²) in [6, 6.07) is 17.3. The quantitative estimate of drug-likeness (QED) is 0.695. The van der Waals surface area contributed by atoms with Crippen molar-refractivity contribution in [1.29, 1.82) is 0 Å². The number of benzene rings is 2. The van der Waals surface area contributed by atoms with Crippen LogP contribution in [0.1, 0.15) is 34.6 Å². The average molecular weight is 385 g/mol. The second-order valence-electron chi connectivity index (χ2n) is 5.58. The minimum absolute atomic E-state index is 0.122. The number of aryl methyl sites for hydroxylation is 1. The molecule has 0 saturated carbocycles. The minimum Gasteiger partial charge on any atom is -0.360 e. The molecule has 4 nitrogen and oxygen atoms in total. The largest absolute Gasteiger partial charge is 0.360 e. The fourth-order valence-electron chi connectivity index (χ4n) is 2.54. The second-order valence-corrected chi connectivity index (χ2v) is 6.49. The zero-order chi connectivity index (χ0) is 17.1. The average Bonchev–Trinajstić information content (AvgIpc) is 2.98. The van der Waals surface area contributed by atoms with Crippen molar-refractivity contribution < 1.29 is 9.32 Å². The van der Waals surface area contributed by atoms with Gasteiger partial charge in [0.25, 0.3) is 5.91 Å². The molecule has 0 aliphatic heterocycles. The lowest BCUT2D eigenvalue weighted by Crippen LogP contribution is -2.27. The summed E-state index contributed by atoms with van der Waals surface area (Å²) < 4.78 is 6.26. The number of hydrogen-bond donors (Lipinski definition) is 1. The van der Waals surface area contributed by atoms with Crippen molar-refractivity contribution in [2.24, 2.45) is 0 Å². The smallest absolute Gasteiger partial charge is 0.257 e. The zero-order valence-corrected chi connectivity index (χ0v) is 15.0. The number of aromatic nitrogens is 1. The maximum Gasteiger partial charge on any atom is 0.257 e. The molecular formula is C19H17BrN2O2. The van der Waals surface area contributed by atoms with E-state index >= 15 is 0 Å². The van der Waals surface area contributed by atoms with Crippen molar-refractivity contribution in [1.82, 2.24) is 10.5 Å². The summed E-state index contributed by atoms with van der Waals surface area (Å²) in [6.45, 7) is 3.70. The molecule has 1 amide bonds.